The van der Waals surface area contributed by atoms with Gasteiger partial charge in [-0.3, -0.25) is 9.59 Å². The molecule has 1 amide bonds. The Labute approximate surface area is 166 Å². The maximum atomic E-state index is 12.9. The molecule has 7 heteroatoms. The van der Waals surface area contributed by atoms with E-state index in [9.17, 15) is 14.0 Å². The van der Waals surface area contributed by atoms with Crippen molar-refractivity contribution in [2.75, 3.05) is 19.8 Å². The van der Waals surface area contributed by atoms with E-state index in [4.69, 9.17) is 9.47 Å². The van der Waals surface area contributed by atoms with Crippen molar-refractivity contribution in [1.29, 1.82) is 0 Å². The van der Waals surface area contributed by atoms with Crippen LogP contribution in [-0.2, 0) is 17.6 Å². The molecule has 6 nitrogen and oxygen atoms in total. The van der Waals surface area contributed by atoms with Crippen LogP contribution in [0.5, 0.6) is 11.5 Å². The van der Waals surface area contributed by atoms with Gasteiger partial charge in [0.25, 0.3) is 5.56 Å². The summed E-state index contributed by atoms with van der Waals surface area (Å²) in [6.45, 7) is 1.44. The van der Waals surface area contributed by atoms with Crippen LogP contribution >= 0.6 is 0 Å². The van der Waals surface area contributed by atoms with Gasteiger partial charge in [-0.15, -0.1) is 0 Å². The van der Waals surface area contributed by atoms with Gasteiger partial charge in [0.15, 0.2) is 11.5 Å². The summed E-state index contributed by atoms with van der Waals surface area (Å²) in [5.41, 5.74) is 1.95. The van der Waals surface area contributed by atoms with Crippen LogP contribution in [0, 0.1) is 5.82 Å². The lowest BCUT2D eigenvalue weighted by Crippen LogP contribution is -2.26. The molecule has 2 aromatic carbocycles. The largest absolute Gasteiger partial charge is 0.486 e. The van der Waals surface area contributed by atoms with Crippen LogP contribution in [0.15, 0.2) is 47.3 Å². The molecule has 0 fully saturated rings. The number of aromatic nitrogens is 1. The van der Waals surface area contributed by atoms with Gasteiger partial charge in [-0.05, 0) is 42.7 Å². The summed E-state index contributed by atoms with van der Waals surface area (Å²) >= 11 is 0. The van der Waals surface area contributed by atoms with E-state index < -0.39 is 0 Å². The fraction of sp³-hybridized carbons (Fsp3) is 0.273. The van der Waals surface area contributed by atoms with E-state index in [2.05, 4.69) is 10.3 Å². The summed E-state index contributed by atoms with van der Waals surface area (Å²) in [4.78, 5) is 27.3. The number of carbonyl (C=O) groups excluding carboxylic acids is 1. The van der Waals surface area contributed by atoms with Gasteiger partial charge in [-0.25, -0.2) is 4.39 Å². The number of aryl methyl sites for hydroxylation is 1. The van der Waals surface area contributed by atoms with Gasteiger partial charge in [0.2, 0.25) is 5.91 Å². The Bertz CT molecular complexity index is 1090. The summed E-state index contributed by atoms with van der Waals surface area (Å²) in [6.07, 6.45) is 1.17. The van der Waals surface area contributed by atoms with Crippen LogP contribution in [0.25, 0.3) is 10.9 Å². The van der Waals surface area contributed by atoms with Gasteiger partial charge >= 0.3 is 0 Å². The lowest BCUT2D eigenvalue weighted by Gasteiger charge is -2.18. The highest BCUT2D eigenvalue weighted by molar-refractivity contribution is 5.83. The van der Waals surface area contributed by atoms with Crippen LogP contribution in [0.1, 0.15) is 17.5 Å². The summed E-state index contributed by atoms with van der Waals surface area (Å²) in [5.74, 6) is 0.861. The van der Waals surface area contributed by atoms with Gasteiger partial charge in [0, 0.05) is 30.0 Å². The van der Waals surface area contributed by atoms with E-state index in [1.807, 2.05) is 6.07 Å². The molecular weight excluding hydrogens is 375 g/mol. The molecule has 0 unspecified atom stereocenters. The number of ether oxygens (including phenoxy) is 2. The smallest absolute Gasteiger partial charge is 0.251 e. The molecule has 2 N–H and O–H groups in total. The van der Waals surface area contributed by atoms with Crippen molar-refractivity contribution < 1.29 is 18.7 Å². The van der Waals surface area contributed by atoms with E-state index in [1.165, 1.54) is 12.1 Å². The van der Waals surface area contributed by atoms with E-state index in [0.29, 0.717) is 55.2 Å². The number of benzene rings is 2. The number of fused-ring (bicyclic) bond motifs is 2. The third-order valence-corrected chi connectivity index (χ3v) is 4.85. The predicted octanol–water partition coefficient (Wildman–Crippen LogP) is 2.73. The number of aromatic amines is 1. The lowest BCUT2D eigenvalue weighted by atomic mass is 10.1. The van der Waals surface area contributed by atoms with Crippen LogP contribution in [-0.4, -0.2) is 30.6 Å². The lowest BCUT2D eigenvalue weighted by molar-refractivity contribution is -0.121. The molecule has 4 rings (SSSR count). The van der Waals surface area contributed by atoms with E-state index in [-0.39, 0.29) is 23.7 Å². The topological polar surface area (TPSA) is 80.4 Å². The molecule has 1 aliphatic rings. The fourth-order valence-corrected chi connectivity index (χ4v) is 3.31. The normalized spacial score (nSPS) is 12.7. The number of nitrogens with one attached hydrogen (secondary N) is 2. The first-order valence-electron chi connectivity index (χ1n) is 9.55. The second-order valence-electron chi connectivity index (χ2n) is 6.93. The van der Waals surface area contributed by atoms with E-state index in [0.717, 1.165) is 10.9 Å². The van der Waals surface area contributed by atoms with Crippen molar-refractivity contribution >= 4 is 16.8 Å². The molecule has 150 valence electrons. The Morgan fingerprint density at radius 3 is 2.52 bits per heavy atom. The SMILES string of the molecule is O=C(CCc1cc2cc3c(cc2[nH]c1=O)OCCO3)NCCc1ccc(F)cc1. The highest BCUT2D eigenvalue weighted by Crippen LogP contribution is 2.33. The number of carbonyl (C=O) groups is 1. The maximum Gasteiger partial charge on any atom is 0.251 e. The van der Waals surface area contributed by atoms with Gasteiger partial charge in [-0.1, -0.05) is 12.1 Å². The number of rotatable bonds is 6. The standard InChI is InChI=1S/C22H21FN2O4/c23-17-4-1-14(2-5-17)7-8-24-21(26)6-3-15-11-16-12-19-20(29-10-9-28-19)13-18(16)25-22(15)27/h1-2,4-5,11-13H,3,6-10H2,(H,24,26)(H,25,27). The molecule has 29 heavy (non-hydrogen) atoms. The number of hydrogen-bond acceptors (Lipinski definition) is 4. The number of H-pyrrole nitrogens is 1. The van der Waals surface area contributed by atoms with Crippen LogP contribution < -0.4 is 20.3 Å². The van der Waals surface area contributed by atoms with Gasteiger partial charge in [0.1, 0.15) is 19.0 Å². The van der Waals surface area contributed by atoms with Crippen LogP contribution in [0.2, 0.25) is 0 Å². The van der Waals surface area contributed by atoms with Crippen molar-refractivity contribution in [3.63, 3.8) is 0 Å². The first-order valence-corrected chi connectivity index (χ1v) is 9.55. The third kappa shape index (κ3) is 4.56. The zero-order chi connectivity index (χ0) is 20.2. The molecule has 3 aromatic rings. The Morgan fingerprint density at radius 1 is 1.03 bits per heavy atom. The number of halogens is 1. The third-order valence-electron chi connectivity index (χ3n) is 4.85. The molecule has 1 aromatic heterocycles. The number of amides is 1. The minimum Gasteiger partial charge on any atom is -0.486 e. The summed E-state index contributed by atoms with van der Waals surface area (Å²) in [7, 11) is 0. The summed E-state index contributed by atoms with van der Waals surface area (Å²) in [5, 5.41) is 3.67. The molecule has 0 aliphatic carbocycles. The average Bonchev–Trinajstić information content (AvgIpc) is 2.72. The minimum atomic E-state index is -0.280. The zero-order valence-electron chi connectivity index (χ0n) is 15.8. The van der Waals surface area contributed by atoms with Gasteiger partial charge in [-0.2, -0.15) is 0 Å². The van der Waals surface area contributed by atoms with Crippen molar-refractivity contribution in [2.24, 2.45) is 0 Å². The number of pyridine rings is 1. The second kappa shape index (κ2) is 8.34. The van der Waals surface area contributed by atoms with Crippen molar-refractivity contribution in [3.05, 3.63) is 69.8 Å². The molecule has 0 radical (unpaired) electrons. The second-order valence-corrected chi connectivity index (χ2v) is 6.93. The molecule has 1 aliphatic heterocycles. The molecule has 0 saturated carbocycles. The quantitative estimate of drug-likeness (QED) is 0.671. The molecule has 0 saturated heterocycles. The first-order chi connectivity index (χ1) is 14.1. The zero-order valence-corrected chi connectivity index (χ0v) is 15.8. The van der Waals surface area contributed by atoms with Crippen molar-refractivity contribution in [3.8, 4) is 11.5 Å². The maximum absolute atomic E-state index is 12.9. The Balaban J connectivity index is 1.36. The van der Waals surface area contributed by atoms with E-state index in [1.54, 1.807) is 24.3 Å². The molecule has 2 heterocycles. The molecule has 0 bridgehead atoms. The Kier molecular flexibility index (Phi) is 5.46. The fourth-order valence-electron chi connectivity index (χ4n) is 3.31. The highest BCUT2D eigenvalue weighted by Gasteiger charge is 2.14. The van der Waals surface area contributed by atoms with E-state index >= 15 is 0 Å². The highest BCUT2D eigenvalue weighted by atomic mass is 19.1. The molecular formula is C22H21FN2O4. The number of hydrogen-bond donors (Lipinski definition) is 2. The minimum absolute atomic E-state index is 0.131. The van der Waals surface area contributed by atoms with Crippen LogP contribution in [0.3, 0.4) is 0 Å². The predicted molar refractivity (Wildman–Crippen MR) is 107 cm³/mol. The van der Waals surface area contributed by atoms with Crippen molar-refractivity contribution in [2.45, 2.75) is 19.3 Å². The monoisotopic (exact) mass is 396 g/mol. The average molecular weight is 396 g/mol. The summed E-state index contributed by atoms with van der Waals surface area (Å²) in [6, 6.07) is 11.6. The Hall–Kier alpha value is -3.35. The van der Waals surface area contributed by atoms with Crippen LogP contribution in [0.4, 0.5) is 4.39 Å². The van der Waals surface area contributed by atoms with Gasteiger partial charge in [0.05, 0.1) is 5.52 Å². The van der Waals surface area contributed by atoms with Gasteiger partial charge < -0.3 is 19.8 Å². The molecule has 0 spiro atoms. The Morgan fingerprint density at radius 2 is 1.76 bits per heavy atom. The van der Waals surface area contributed by atoms with Crippen molar-refractivity contribution in [1.82, 2.24) is 10.3 Å². The molecule has 0 atom stereocenters. The summed E-state index contributed by atoms with van der Waals surface area (Å²) < 4.78 is 24.0. The first kappa shape index (κ1) is 19.0.